The Morgan fingerprint density at radius 2 is 1.96 bits per heavy atom. The van der Waals surface area contributed by atoms with Crippen LogP contribution >= 0.6 is 0 Å². The van der Waals surface area contributed by atoms with Gasteiger partial charge in [0.05, 0.1) is 5.57 Å². The first-order valence-corrected chi connectivity index (χ1v) is 8.46. The average Bonchev–Trinajstić information content (AvgIpc) is 2.63. The Morgan fingerprint density at radius 3 is 2.52 bits per heavy atom. The zero-order chi connectivity index (χ0) is 20.4. The lowest BCUT2D eigenvalue weighted by atomic mass is 9.73. The minimum atomic E-state index is -0.856. The number of hydrogen-bond acceptors (Lipinski definition) is 8. The van der Waals surface area contributed by atoms with Crippen molar-refractivity contribution in [2.45, 2.75) is 26.7 Å². The number of nitrogens with two attached hydrogens (primary N) is 1. The van der Waals surface area contributed by atoms with E-state index < -0.39 is 11.9 Å². The number of carbonyl (C=O) groups is 2. The standard InChI is InChI=1S/C19H24N4O4/c1-4-17(24)26-7-8-27-18(25)15(12-22)13-9-19(2,3)10-16(14(13)11-21)23-6-5-20/h4,23H,1,5-10,20H2,2-3H3/b15-13-. The first-order chi connectivity index (χ1) is 12.8. The zero-order valence-electron chi connectivity index (χ0n) is 15.6. The molecule has 1 aliphatic carbocycles. The van der Waals surface area contributed by atoms with Crippen LogP contribution in [0.3, 0.4) is 0 Å². The number of allylic oxidation sites excluding steroid dienone is 3. The summed E-state index contributed by atoms with van der Waals surface area (Å²) in [6.07, 6.45) is 1.98. The number of hydrogen-bond donors (Lipinski definition) is 2. The van der Waals surface area contributed by atoms with Gasteiger partial charge >= 0.3 is 11.9 Å². The summed E-state index contributed by atoms with van der Waals surface area (Å²) in [5, 5.41) is 22.2. The third kappa shape index (κ3) is 6.28. The van der Waals surface area contributed by atoms with Gasteiger partial charge < -0.3 is 20.5 Å². The van der Waals surface area contributed by atoms with E-state index in [9.17, 15) is 20.1 Å². The summed E-state index contributed by atoms with van der Waals surface area (Å²) < 4.78 is 9.74. The fraction of sp³-hybridized carbons (Fsp3) is 0.474. The summed E-state index contributed by atoms with van der Waals surface area (Å²) >= 11 is 0. The highest BCUT2D eigenvalue weighted by molar-refractivity contribution is 5.95. The average molecular weight is 372 g/mol. The molecule has 0 bridgehead atoms. The van der Waals surface area contributed by atoms with Crippen molar-refractivity contribution >= 4 is 11.9 Å². The Morgan fingerprint density at radius 1 is 1.30 bits per heavy atom. The Labute approximate surface area is 158 Å². The third-order valence-electron chi connectivity index (χ3n) is 3.85. The minimum absolute atomic E-state index is 0.152. The molecule has 0 fully saturated rings. The quantitative estimate of drug-likeness (QED) is 0.281. The highest BCUT2D eigenvalue weighted by atomic mass is 16.6. The number of carbonyl (C=O) groups excluding carboxylic acids is 2. The molecular weight excluding hydrogens is 348 g/mol. The maximum Gasteiger partial charge on any atom is 0.349 e. The lowest BCUT2D eigenvalue weighted by Gasteiger charge is -2.33. The van der Waals surface area contributed by atoms with Crippen LogP contribution in [0.5, 0.6) is 0 Å². The molecule has 1 rings (SSSR count). The maximum absolute atomic E-state index is 12.3. The third-order valence-corrected chi connectivity index (χ3v) is 3.85. The van der Waals surface area contributed by atoms with E-state index in [1.165, 1.54) is 0 Å². The van der Waals surface area contributed by atoms with Crippen LogP contribution in [0.1, 0.15) is 26.7 Å². The first-order valence-electron chi connectivity index (χ1n) is 8.46. The molecule has 1 aliphatic rings. The molecule has 0 heterocycles. The molecule has 0 unspecified atom stereocenters. The van der Waals surface area contributed by atoms with E-state index in [0.29, 0.717) is 37.2 Å². The molecule has 0 aromatic rings. The Kier molecular flexibility index (Phi) is 8.25. The van der Waals surface area contributed by atoms with Gasteiger partial charge in [-0.1, -0.05) is 20.4 Å². The van der Waals surface area contributed by atoms with Gasteiger partial charge in [0, 0.05) is 24.9 Å². The van der Waals surface area contributed by atoms with Crippen LogP contribution in [0.4, 0.5) is 0 Å². The van der Waals surface area contributed by atoms with Crippen LogP contribution in [0.15, 0.2) is 35.1 Å². The molecular formula is C19H24N4O4. The van der Waals surface area contributed by atoms with Crippen molar-refractivity contribution in [1.29, 1.82) is 10.5 Å². The van der Waals surface area contributed by atoms with Gasteiger partial charge in [0.15, 0.2) is 0 Å². The van der Waals surface area contributed by atoms with Gasteiger partial charge in [-0.2, -0.15) is 10.5 Å². The number of nitriles is 2. The Hall–Kier alpha value is -3.10. The highest BCUT2D eigenvalue weighted by Gasteiger charge is 2.34. The second kappa shape index (κ2) is 10.1. The van der Waals surface area contributed by atoms with E-state index in [4.69, 9.17) is 15.2 Å². The molecule has 0 spiro atoms. The summed E-state index contributed by atoms with van der Waals surface area (Å²) in [4.78, 5) is 23.3. The molecule has 0 atom stereocenters. The van der Waals surface area contributed by atoms with Crippen molar-refractivity contribution in [3.63, 3.8) is 0 Å². The highest BCUT2D eigenvalue weighted by Crippen LogP contribution is 2.42. The summed E-state index contributed by atoms with van der Waals surface area (Å²) in [6.45, 7) is 7.73. The normalized spacial score (nSPS) is 17.2. The van der Waals surface area contributed by atoms with E-state index in [1.54, 1.807) is 0 Å². The second-order valence-corrected chi connectivity index (χ2v) is 6.67. The van der Waals surface area contributed by atoms with Crippen LogP contribution in [0.25, 0.3) is 0 Å². The van der Waals surface area contributed by atoms with Gasteiger partial charge in [0.2, 0.25) is 0 Å². The number of ether oxygens (including phenoxy) is 2. The predicted molar refractivity (Wildman–Crippen MR) is 97.5 cm³/mol. The molecule has 27 heavy (non-hydrogen) atoms. The smallest absolute Gasteiger partial charge is 0.349 e. The lowest BCUT2D eigenvalue weighted by Crippen LogP contribution is -2.31. The Balaban J connectivity index is 3.11. The van der Waals surface area contributed by atoms with Crippen molar-refractivity contribution in [2.24, 2.45) is 11.1 Å². The fourth-order valence-corrected chi connectivity index (χ4v) is 2.74. The second-order valence-electron chi connectivity index (χ2n) is 6.67. The number of rotatable bonds is 8. The molecule has 0 amide bonds. The van der Waals surface area contributed by atoms with E-state index in [-0.39, 0.29) is 29.8 Å². The molecule has 0 aromatic carbocycles. The molecule has 0 saturated carbocycles. The first kappa shape index (κ1) is 21.9. The lowest BCUT2D eigenvalue weighted by molar-refractivity contribution is -0.146. The van der Waals surface area contributed by atoms with Crippen LogP contribution in [-0.4, -0.2) is 38.2 Å². The molecule has 0 aromatic heterocycles. The minimum Gasteiger partial charge on any atom is -0.459 e. The summed E-state index contributed by atoms with van der Waals surface area (Å²) in [6, 6.07) is 3.94. The number of nitrogens with zero attached hydrogens (tertiary/aromatic N) is 2. The molecule has 8 nitrogen and oxygen atoms in total. The van der Waals surface area contributed by atoms with E-state index in [2.05, 4.69) is 18.0 Å². The summed E-state index contributed by atoms with van der Waals surface area (Å²) in [5.74, 6) is -1.49. The van der Waals surface area contributed by atoms with Crippen molar-refractivity contribution in [2.75, 3.05) is 26.3 Å². The SMILES string of the molecule is C=CC(=O)OCCOC(=O)/C(C#N)=C1/CC(C)(C)CC(NCCN)=C1C#N. The van der Waals surface area contributed by atoms with Crippen LogP contribution < -0.4 is 11.1 Å². The molecule has 0 aliphatic heterocycles. The van der Waals surface area contributed by atoms with Crippen molar-refractivity contribution in [3.05, 3.63) is 35.1 Å². The van der Waals surface area contributed by atoms with Gasteiger partial charge in [0.25, 0.3) is 0 Å². The van der Waals surface area contributed by atoms with E-state index >= 15 is 0 Å². The molecule has 144 valence electrons. The van der Waals surface area contributed by atoms with Gasteiger partial charge in [-0.15, -0.1) is 0 Å². The number of nitrogens with one attached hydrogen (secondary N) is 1. The van der Waals surface area contributed by atoms with Crippen molar-refractivity contribution in [1.82, 2.24) is 5.32 Å². The monoisotopic (exact) mass is 372 g/mol. The van der Waals surface area contributed by atoms with Crippen molar-refractivity contribution < 1.29 is 19.1 Å². The Bertz CT molecular complexity index is 751. The topological polar surface area (TPSA) is 138 Å². The van der Waals surface area contributed by atoms with Crippen LogP contribution in [-0.2, 0) is 19.1 Å². The predicted octanol–water partition coefficient (Wildman–Crippen LogP) is 1.22. The largest absolute Gasteiger partial charge is 0.459 e. The van der Waals surface area contributed by atoms with E-state index in [1.807, 2.05) is 19.9 Å². The van der Waals surface area contributed by atoms with Gasteiger partial charge in [0.1, 0.15) is 30.9 Å². The van der Waals surface area contributed by atoms with Crippen LogP contribution in [0.2, 0.25) is 0 Å². The van der Waals surface area contributed by atoms with Gasteiger partial charge in [-0.05, 0) is 23.8 Å². The molecule has 0 radical (unpaired) electrons. The maximum atomic E-state index is 12.3. The molecule has 8 heteroatoms. The zero-order valence-corrected chi connectivity index (χ0v) is 15.6. The fourth-order valence-electron chi connectivity index (χ4n) is 2.74. The van der Waals surface area contributed by atoms with Crippen molar-refractivity contribution in [3.8, 4) is 12.1 Å². The number of esters is 2. The molecule has 3 N–H and O–H groups in total. The molecule has 0 saturated heterocycles. The van der Waals surface area contributed by atoms with E-state index in [0.717, 1.165) is 6.08 Å². The van der Waals surface area contributed by atoms with Gasteiger partial charge in [-0.3, -0.25) is 0 Å². The van der Waals surface area contributed by atoms with Gasteiger partial charge in [-0.25, -0.2) is 9.59 Å². The summed E-state index contributed by atoms with van der Waals surface area (Å²) in [5.41, 5.74) is 6.33. The van der Waals surface area contributed by atoms with Crippen LogP contribution in [0, 0.1) is 28.1 Å². The summed E-state index contributed by atoms with van der Waals surface area (Å²) in [7, 11) is 0.